The Kier molecular flexibility index (Phi) is 4.23. The minimum atomic E-state index is 0.805. The van der Waals surface area contributed by atoms with E-state index in [4.69, 9.17) is 4.74 Å². The number of ether oxygens (including phenoxy) is 1. The highest BCUT2D eigenvalue weighted by atomic mass is 16.5. The summed E-state index contributed by atoms with van der Waals surface area (Å²) in [5.74, 6) is 1.04. The van der Waals surface area contributed by atoms with Gasteiger partial charge in [-0.3, -0.25) is 0 Å². The summed E-state index contributed by atoms with van der Waals surface area (Å²) in [6, 6.07) is 6.58. The Balaban J connectivity index is 1.90. The molecule has 0 radical (unpaired) electrons. The predicted molar refractivity (Wildman–Crippen MR) is 67.1 cm³/mol. The molecule has 2 nitrogen and oxygen atoms in total. The van der Waals surface area contributed by atoms with Crippen LogP contribution >= 0.6 is 0 Å². The number of nitrogens with one attached hydrogen (secondary N) is 1. The fraction of sp³-hybridized carbons (Fsp3) is 0.571. The van der Waals surface area contributed by atoms with Crippen molar-refractivity contribution in [3.05, 3.63) is 29.3 Å². The normalized spacial score (nSPS) is 14.6. The third-order valence-corrected chi connectivity index (χ3v) is 3.16. The monoisotopic (exact) mass is 219 g/mol. The van der Waals surface area contributed by atoms with Gasteiger partial charge in [-0.25, -0.2) is 0 Å². The molecule has 0 saturated carbocycles. The van der Waals surface area contributed by atoms with Gasteiger partial charge in [0.05, 0.1) is 6.61 Å². The molecule has 1 aliphatic rings. The zero-order valence-electron chi connectivity index (χ0n) is 10.1. The van der Waals surface area contributed by atoms with E-state index in [-0.39, 0.29) is 0 Å². The van der Waals surface area contributed by atoms with Gasteiger partial charge in [0.2, 0.25) is 0 Å². The number of rotatable bonds is 5. The van der Waals surface area contributed by atoms with Gasteiger partial charge in [0, 0.05) is 0 Å². The zero-order valence-corrected chi connectivity index (χ0v) is 10.1. The van der Waals surface area contributed by atoms with E-state index < -0.39 is 0 Å². The van der Waals surface area contributed by atoms with Crippen molar-refractivity contribution in [1.29, 1.82) is 0 Å². The summed E-state index contributed by atoms with van der Waals surface area (Å²) in [5.41, 5.74) is 3.02. The maximum Gasteiger partial charge on any atom is 0.119 e. The Labute approximate surface area is 98.0 Å². The lowest BCUT2D eigenvalue weighted by Crippen LogP contribution is -2.11. The summed E-state index contributed by atoms with van der Waals surface area (Å²) in [7, 11) is 1.97. The van der Waals surface area contributed by atoms with Crippen molar-refractivity contribution in [3.8, 4) is 5.75 Å². The second-order valence-corrected chi connectivity index (χ2v) is 4.44. The molecule has 0 bridgehead atoms. The third kappa shape index (κ3) is 2.99. The Morgan fingerprint density at radius 2 is 2.00 bits per heavy atom. The quantitative estimate of drug-likeness (QED) is 0.768. The van der Waals surface area contributed by atoms with E-state index in [1.807, 2.05) is 7.05 Å². The number of aryl methyl sites for hydroxylation is 2. The SMILES string of the molecule is CNCCCOc1ccc2c(c1)CCCC2. The van der Waals surface area contributed by atoms with Crippen LogP contribution in [-0.4, -0.2) is 20.2 Å². The fourth-order valence-corrected chi connectivity index (χ4v) is 2.24. The molecule has 2 rings (SSSR count). The Hall–Kier alpha value is -1.02. The number of fused-ring (bicyclic) bond motifs is 1. The van der Waals surface area contributed by atoms with E-state index in [9.17, 15) is 0 Å². The fourth-order valence-electron chi connectivity index (χ4n) is 2.24. The largest absolute Gasteiger partial charge is 0.494 e. The first-order chi connectivity index (χ1) is 7.90. The first-order valence-electron chi connectivity index (χ1n) is 6.29. The van der Waals surface area contributed by atoms with Crippen molar-refractivity contribution in [2.75, 3.05) is 20.2 Å². The van der Waals surface area contributed by atoms with E-state index in [1.54, 1.807) is 0 Å². The lowest BCUT2D eigenvalue weighted by atomic mass is 9.92. The second-order valence-electron chi connectivity index (χ2n) is 4.44. The van der Waals surface area contributed by atoms with E-state index >= 15 is 0 Å². The molecule has 1 N–H and O–H groups in total. The predicted octanol–water partition coefficient (Wildman–Crippen LogP) is 2.55. The van der Waals surface area contributed by atoms with Gasteiger partial charge < -0.3 is 10.1 Å². The van der Waals surface area contributed by atoms with Gasteiger partial charge in [0.1, 0.15) is 5.75 Å². The standard InChI is InChI=1S/C14H21NO/c1-15-9-4-10-16-14-8-7-12-5-2-3-6-13(12)11-14/h7-8,11,15H,2-6,9-10H2,1H3. The van der Waals surface area contributed by atoms with Gasteiger partial charge >= 0.3 is 0 Å². The van der Waals surface area contributed by atoms with Crippen LogP contribution < -0.4 is 10.1 Å². The molecule has 0 aromatic heterocycles. The molecule has 0 amide bonds. The second kappa shape index (κ2) is 5.90. The van der Waals surface area contributed by atoms with E-state index in [0.717, 1.165) is 25.3 Å². The van der Waals surface area contributed by atoms with Crippen LogP contribution in [0.1, 0.15) is 30.4 Å². The lowest BCUT2D eigenvalue weighted by Gasteiger charge is -2.16. The maximum absolute atomic E-state index is 5.73. The number of benzene rings is 1. The van der Waals surface area contributed by atoms with Crippen molar-refractivity contribution in [2.45, 2.75) is 32.1 Å². The van der Waals surface area contributed by atoms with Crippen LogP contribution in [0.3, 0.4) is 0 Å². The van der Waals surface area contributed by atoms with E-state index in [2.05, 4.69) is 23.5 Å². The molecule has 0 heterocycles. The average molecular weight is 219 g/mol. The molecule has 0 saturated heterocycles. The smallest absolute Gasteiger partial charge is 0.119 e. The Morgan fingerprint density at radius 3 is 2.81 bits per heavy atom. The molecule has 88 valence electrons. The first-order valence-corrected chi connectivity index (χ1v) is 6.29. The molecule has 0 unspecified atom stereocenters. The molecule has 16 heavy (non-hydrogen) atoms. The van der Waals surface area contributed by atoms with E-state index in [0.29, 0.717) is 0 Å². The average Bonchev–Trinajstić information content (AvgIpc) is 2.34. The molecule has 0 spiro atoms. The van der Waals surface area contributed by atoms with Crippen LogP contribution in [-0.2, 0) is 12.8 Å². The summed E-state index contributed by atoms with van der Waals surface area (Å²) >= 11 is 0. The van der Waals surface area contributed by atoms with Gasteiger partial charge in [-0.15, -0.1) is 0 Å². The zero-order chi connectivity index (χ0) is 11.2. The van der Waals surface area contributed by atoms with Crippen molar-refractivity contribution in [3.63, 3.8) is 0 Å². The summed E-state index contributed by atoms with van der Waals surface area (Å²) in [6.45, 7) is 1.82. The van der Waals surface area contributed by atoms with Crippen LogP contribution in [0.15, 0.2) is 18.2 Å². The number of hydrogen-bond acceptors (Lipinski definition) is 2. The van der Waals surface area contributed by atoms with Gasteiger partial charge in [-0.1, -0.05) is 6.07 Å². The molecule has 0 fully saturated rings. The summed E-state index contributed by atoms with van der Waals surface area (Å²) < 4.78 is 5.73. The van der Waals surface area contributed by atoms with Crippen molar-refractivity contribution >= 4 is 0 Å². The molecule has 1 aliphatic carbocycles. The highest BCUT2D eigenvalue weighted by Gasteiger charge is 2.09. The Bertz CT molecular complexity index is 336. The minimum Gasteiger partial charge on any atom is -0.494 e. The van der Waals surface area contributed by atoms with Crippen LogP contribution in [0.5, 0.6) is 5.75 Å². The Morgan fingerprint density at radius 1 is 1.19 bits per heavy atom. The van der Waals surface area contributed by atoms with Gasteiger partial charge in [-0.2, -0.15) is 0 Å². The van der Waals surface area contributed by atoms with Crippen LogP contribution in [0.2, 0.25) is 0 Å². The summed E-state index contributed by atoms with van der Waals surface area (Å²) in [6.07, 6.45) is 6.21. The molecule has 2 heteroatoms. The molecular formula is C14H21NO. The number of hydrogen-bond donors (Lipinski definition) is 1. The van der Waals surface area contributed by atoms with Gasteiger partial charge in [0.25, 0.3) is 0 Å². The molecule has 1 aromatic carbocycles. The van der Waals surface area contributed by atoms with Crippen molar-refractivity contribution in [1.82, 2.24) is 5.32 Å². The van der Waals surface area contributed by atoms with Crippen molar-refractivity contribution in [2.24, 2.45) is 0 Å². The highest BCUT2D eigenvalue weighted by molar-refractivity contribution is 5.37. The topological polar surface area (TPSA) is 21.3 Å². The van der Waals surface area contributed by atoms with Gasteiger partial charge in [-0.05, 0) is 69.0 Å². The summed E-state index contributed by atoms with van der Waals surface area (Å²) in [4.78, 5) is 0. The molecule has 0 atom stereocenters. The van der Waals surface area contributed by atoms with Crippen LogP contribution in [0.25, 0.3) is 0 Å². The first kappa shape index (κ1) is 11.5. The van der Waals surface area contributed by atoms with Crippen molar-refractivity contribution < 1.29 is 4.74 Å². The maximum atomic E-state index is 5.73. The molecular weight excluding hydrogens is 198 g/mol. The van der Waals surface area contributed by atoms with Crippen LogP contribution in [0, 0.1) is 0 Å². The van der Waals surface area contributed by atoms with E-state index in [1.165, 1.54) is 36.8 Å². The third-order valence-electron chi connectivity index (χ3n) is 3.16. The minimum absolute atomic E-state index is 0.805. The lowest BCUT2D eigenvalue weighted by molar-refractivity contribution is 0.309. The molecule has 1 aromatic rings. The highest BCUT2D eigenvalue weighted by Crippen LogP contribution is 2.25. The van der Waals surface area contributed by atoms with Gasteiger partial charge in [0.15, 0.2) is 0 Å². The van der Waals surface area contributed by atoms with Crippen LogP contribution in [0.4, 0.5) is 0 Å². The molecule has 0 aliphatic heterocycles. The summed E-state index contributed by atoms with van der Waals surface area (Å²) in [5, 5.41) is 3.12.